The zero-order valence-corrected chi connectivity index (χ0v) is 16.8. The molecule has 0 spiro atoms. The molecule has 0 atom stereocenters. The van der Waals surface area contributed by atoms with E-state index in [1.807, 2.05) is 49.4 Å². The van der Waals surface area contributed by atoms with E-state index in [4.69, 9.17) is 9.47 Å². The zero-order chi connectivity index (χ0) is 18.9. The minimum atomic E-state index is -0.172. The van der Waals surface area contributed by atoms with Gasteiger partial charge in [-0.1, -0.05) is 34.1 Å². The Morgan fingerprint density at radius 2 is 1.77 bits per heavy atom. The first-order chi connectivity index (χ1) is 12.6. The molecule has 0 bridgehead atoms. The number of carbonyl (C=O) groups excluding carboxylic acids is 1. The summed E-state index contributed by atoms with van der Waals surface area (Å²) in [5.41, 5.74) is 2.31. The van der Waals surface area contributed by atoms with Crippen molar-refractivity contribution in [2.45, 2.75) is 13.3 Å². The predicted molar refractivity (Wildman–Crippen MR) is 107 cm³/mol. The second-order valence-electron chi connectivity index (χ2n) is 5.53. The van der Waals surface area contributed by atoms with E-state index in [2.05, 4.69) is 26.2 Å². The van der Waals surface area contributed by atoms with Gasteiger partial charge in [-0.3, -0.25) is 9.79 Å². The summed E-state index contributed by atoms with van der Waals surface area (Å²) >= 11 is 3.40. The lowest BCUT2D eigenvalue weighted by atomic mass is 10.1. The largest absolute Gasteiger partial charge is 0.493 e. The van der Waals surface area contributed by atoms with Crippen LogP contribution in [0.3, 0.4) is 0 Å². The van der Waals surface area contributed by atoms with Gasteiger partial charge in [-0.2, -0.15) is 0 Å². The topological polar surface area (TPSA) is 59.9 Å². The van der Waals surface area contributed by atoms with Crippen molar-refractivity contribution in [3.63, 3.8) is 0 Å². The highest BCUT2D eigenvalue weighted by Gasteiger charge is 2.13. The van der Waals surface area contributed by atoms with E-state index in [9.17, 15) is 4.79 Å². The zero-order valence-electron chi connectivity index (χ0n) is 15.2. The third kappa shape index (κ3) is 5.33. The highest BCUT2D eigenvalue weighted by Crippen LogP contribution is 2.27. The fourth-order valence-corrected chi connectivity index (χ4v) is 2.76. The van der Waals surface area contributed by atoms with Crippen LogP contribution in [0.5, 0.6) is 11.5 Å². The Kier molecular flexibility index (Phi) is 7.66. The Bertz CT molecular complexity index is 773. The number of nitrogens with zero attached hydrogens (tertiary/aromatic N) is 1. The third-order valence-electron chi connectivity index (χ3n) is 3.80. The first kappa shape index (κ1) is 20.0. The number of hydrogen-bond acceptors (Lipinski definition) is 4. The lowest BCUT2D eigenvalue weighted by Gasteiger charge is -2.11. The number of benzene rings is 2. The van der Waals surface area contributed by atoms with Crippen LogP contribution in [0.4, 0.5) is 0 Å². The van der Waals surface area contributed by atoms with Crippen LogP contribution in [0.1, 0.15) is 18.1 Å². The van der Waals surface area contributed by atoms with E-state index in [1.165, 1.54) is 0 Å². The van der Waals surface area contributed by atoms with Crippen LogP contribution in [-0.2, 0) is 11.2 Å². The van der Waals surface area contributed by atoms with Crippen molar-refractivity contribution in [1.29, 1.82) is 0 Å². The van der Waals surface area contributed by atoms with Gasteiger partial charge in [0.15, 0.2) is 11.5 Å². The van der Waals surface area contributed by atoms with Gasteiger partial charge in [-0.05, 0) is 43.2 Å². The van der Waals surface area contributed by atoms with Crippen LogP contribution < -0.4 is 14.8 Å². The Morgan fingerprint density at radius 3 is 2.38 bits per heavy atom. The summed E-state index contributed by atoms with van der Waals surface area (Å²) in [6.07, 6.45) is 0.686. The Labute approximate surface area is 162 Å². The minimum absolute atomic E-state index is 0.172. The normalized spacial score (nSPS) is 11.2. The molecule has 0 aliphatic carbocycles. The number of methoxy groups -OCH3 is 2. The number of amides is 1. The molecule has 138 valence electrons. The number of rotatable bonds is 8. The summed E-state index contributed by atoms with van der Waals surface area (Å²) in [6.45, 7) is 2.97. The number of ether oxygens (including phenoxy) is 2. The van der Waals surface area contributed by atoms with Crippen molar-refractivity contribution in [2.75, 3.05) is 27.3 Å². The van der Waals surface area contributed by atoms with Gasteiger partial charge in [-0.25, -0.2) is 0 Å². The molecule has 2 aromatic rings. The highest BCUT2D eigenvalue weighted by atomic mass is 79.9. The van der Waals surface area contributed by atoms with E-state index in [-0.39, 0.29) is 5.91 Å². The Balaban J connectivity index is 2.00. The number of carbonyl (C=O) groups is 1. The molecule has 0 aromatic heterocycles. The highest BCUT2D eigenvalue weighted by molar-refractivity contribution is 9.10. The molecule has 1 amide bonds. The summed E-state index contributed by atoms with van der Waals surface area (Å²) in [5.74, 6) is 1.20. The second kappa shape index (κ2) is 9.97. The number of halogens is 1. The van der Waals surface area contributed by atoms with Crippen molar-refractivity contribution in [3.05, 3.63) is 58.1 Å². The standard InChI is InChI=1S/C20H23BrN2O3/c1-4-22-19(15-6-8-16(21)9-7-15)20(24)23-12-11-14-5-10-17(25-2)18(13-14)26-3/h5-10,13H,4,11-12H2,1-3H3,(H,23,24). The molecule has 5 nitrogen and oxygen atoms in total. The quantitative estimate of drug-likeness (QED) is 0.665. The van der Waals surface area contributed by atoms with Crippen LogP contribution >= 0.6 is 15.9 Å². The predicted octanol–water partition coefficient (Wildman–Crippen LogP) is 3.63. The molecule has 2 rings (SSSR count). The summed E-state index contributed by atoms with van der Waals surface area (Å²) in [5, 5.41) is 2.94. The SMILES string of the molecule is CCN=C(C(=O)NCCc1ccc(OC)c(OC)c1)c1ccc(Br)cc1. The maximum absolute atomic E-state index is 12.5. The fraction of sp³-hybridized carbons (Fsp3) is 0.300. The minimum Gasteiger partial charge on any atom is -0.493 e. The summed E-state index contributed by atoms with van der Waals surface area (Å²) in [6, 6.07) is 13.3. The van der Waals surface area contributed by atoms with Crippen LogP contribution in [0.2, 0.25) is 0 Å². The van der Waals surface area contributed by atoms with Crippen LogP contribution in [0, 0.1) is 0 Å². The summed E-state index contributed by atoms with van der Waals surface area (Å²) < 4.78 is 11.5. The van der Waals surface area contributed by atoms with Gasteiger partial charge in [0.1, 0.15) is 5.71 Å². The maximum atomic E-state index is 12.5. The number of aliphatic imine (C=N–C) groups is 1. The molecule has 0 radical (unpaired) electrons. The molecular weight excluding hydrogens is 396 g/mol. The molecule has 0 saturated heterocycles. The Morgan fingerprint density at radius 1 is 1.08 bits per heavy atom. The van der Waals surface area contributed by atoms with E-state index in [0.717, 1.165) is 15.6 Å². The Hall–Kier alpha value is -2.34. The molecule has 0 aliphatic rings. The molecule has 0 fully saturated rings. The van der Waals surface area contributed by atoms with Crippen molar-refractivity contribution in [3.8, 4) is 11.5 Å². The molecule has 0 unspecified atom stereocenters. The van der Waals surface area contributed by atoms with E-state index in [1.54, 1.807) is 14.2 Å². The van der Waals surface area contributed by atoms with E-state index in [0.29, 0.717) is 36.7 Å². The lowest BCUT2D eigenvalue weighted by Crippen LogP contribution is -2.33. The maximum Gasteiger partial charge on any atom is 0.270 e. The molecule has 26 heavy (non-hydrogen) atoms. The molecule has 6 heteroatoms. The lowest BCUT2D eigenvalue weighted by molar-refractivity contribution is -0.114. The average molecular weight is 419 g/mol. The molecule has 0 aliphatic heterocycles. The van der Waals surface area contributed by atoms with Gasteiger partial charge in [0.2, 0.25) is 0 Å². The molecule has 0 saturated carbocycles. The van der Waals surface area contributed by atoms with Crippen molar-refractivity contribution >= 4 is 27.5 Å². The van der Waals surface area contributed by atoms with Gasteiger partial charge in [0.05, 0.1) is 14.2 Å². The van der Waals surface area contributed by atoms with E-state index < -0.39 is 0 Å². The van der Waals surface area contributed by atoms with Gasteiger partial charge in [0.25, 0.3) is 5.91 Å². The van der Waals surface area contributed by atoms with Gasteiger partial charge < -0.3 is 14.8 Å². The van der Waals surface area contributed by atoms with Crippen molar-refractivity contribution < 1.29 is 14.3 Å². The molecular formula is C20H23BrN2O3. The van der Waals surface area contributed by atoms with E-state index >= 15 is 0 Å². The number of hydrogen-bond donors (Lipinski definition) is 1. The van der Waals surface area contributed by atoms with Crippen LogP contribution in [-0.4, -0.2) is 38.9 Å². The van der Waals surface area contributed by atoms with Crippen molar-refractivity contribution in [1.82, 2.24) is 5.32 Å². The van der Waals surface area contributed by atoms with Crippen LogP contribution in [0.25, 0.3) is 0 Å². The summed E-state index contributed by atoms with van der Waals surface area (Å²) in [7, 11) is 3.21. The summed E-state index contributed by atoms with van der Waals surface area (Å²) in [4.78, 5) is 16.9. The first-order valence-corrected chi connectivity index (χ1v) is 9.17. The van der Waals surface area contributed by atoms with Gasteiger partial charge in [-0.15, -0.1) is 0 Å². The second-order valence-corrected chi connectivity index (χ2v) is 6.44. The van der Waals surface area contributed by atoms with Crippen molar-refractivity contribution in [2.24, 2.45) is 4.99 Å². The molecule has 1 N–H and O–H groups in total. The third-order valence-corrected chi connectivity index (χ3v) is 4.32. The monoisotopic (exact) mass is 418 g/mol. The van der Waals surface area contributed by atoms with Gasteiger partial charge >= 0.3 is 0 Å². The average Bonchev–Trinajstić information content (AvgIpc) is 2.66. The van der Waals surface area contributed by atoms with Crippen LogP contribution in [0.15, 0.2) is 51.9 Å². The smallest absolute Gasteiger partial charge is 0.270 e. The first-order valence-electron chi connectivity index (χ1n) is 8.38. The molecule has 0 heterocycles. The van der Waals surface area contributed by atoms with Gasteiger partial charge in [0, 0.05) is 23.1 Å². The number of nitrogens with one attached hydrogen (secondary N) is 1. The fourth-order valence-electron chi connectivity index (χ4n) is 2.50. The molecule has 2 aromatic carbocycles.